The second-order valence-electron chi connectivity index (χ2n) is 2.22. The number of sulfonamides is 1. The van der Waals surface area contributed by atoms with Gasteiger partial charge in [0.25, 0.3) is 0 Å². The molecule has 0 atom stereocenters. The molecule has 0 radical (unpaired) electrons. The lowest BCUT2D eigenvalue weighted by atomic mass is 10.2. The zero-order chi connectivity index (χ0) is 8.04. The van der Waals surface area contributed by atoms with Crippen molar-refractivity contribution in [3.05, 3.63) is 0 Å². The number of unbranched alkanes of at least 4 members (excludes halogenated alkanes) is 2. The first-order chi connectivity index (χ1) is 4.56. The van der Waals surface area contributed by atoms with Gasteiger partial charge in [0.2, 0.25) is 10.0 Å². The van der Waals surface area contributed by atoms with Crippen molar-refractivity contribution >= 4 is 10.0 Å². The van der Waals surface area contributed by atoms with Crippen LogP contribution in [0.1, 0.15) is 19.3 Å². The van der Waals surface area contributed by atoms with Crippen molar-refractivity contribution < 1.29 is 8.42 Å². The average Bonchev–Trinajstić information content (AvgIpc) is 1.78. The summed E-state index contributed by atoms with van der Waals surface area (Å²) in [6, 6.07) is 0. The predicted octanol–water partition coefficient (Wildman–Crippen LogP) is -0.596. The van der Waals surface area contributed by atoms with Gasteiger partial charge in [0.05, 0.1) is 5.75 Å². The van der Waals surface area contributed by atoms with Crippen molar-refractivity contribution in [2.45, 2.75) is 19.3 Å². The molecule has 4 N–H and O–H groups in total. The summed E-state index contributed by atoms with van der Waals surface area (Å²) in [7, 11) is -3.25. The van der Waals surface area contributed by atoms with Gasteiger partial charge < -0.3 is 5.73 Å². The van der Waals surface area contributed by atoms with Crippen LogP contribution in [-0.4, -0.2) is 20.7 Å². The molecule has 4 nitrogen and oxygen atoms in total. The standard InChI is InChI=1S/C5H14N2O2S/c6-4-2-1-3-5-10(7,8)9/h1-6H2,(H2,7,8,9). The van der Waals surface area contributed by atoms with Crippen molar-refractivity contribution in [3.63, 3.8) is 0 Å². The first-order valence-electron chi connectivity index (χ1n) is 3.27. The zero-order valence-electron chi connectivity index (χ0n) is 5.91. The normalized spacial score (nSPS) is 11.8. The van der Waals surface area contributed by atoms with Crippen molar-refractivity contribution in [2.75, 3.05) is 12.3 Å². The second kappa shape index (κ2) is 4.65. The quantitative estimate of drug-likeness (QED) is 0.535. The van der Waals surface area contributed by atoms with Crippen LogP contribution < -0.4 is 10.9 Å². The molecule has 0 aromatic rings. The average molecular weight is 166 g/mol. The molecule has 0 saturated carbocycles. The van der Waals surface area contributed by atoms with Crippen LogP contribution >= 0.6 is 0 Å². The third-order valence-electron chi connectivity index (χ3n) is 1.13. The Hall–Kier alpha value is -0.130. The highest BCUT2D eigenvalue weighted by molar-refractivity contribution is 7.89. The summed E-state index contributed by atoms with van der Waals surface area (Å²) in [5.41, 5.74) is 5.20. The van der Waals surface area contributed by atoms with Gasteiger partial charge in [0.1, 0.15) is 0 Å². The van der Waals surface area contributed by atoms with E-state index in [0.29, 0.717) is 13.0 Å². The van der Waals surface area contributed by atoms with E-state index in [2.05, 4.69) is 0 Å². The second-order valence-corrected chi connectivity index (χ2v) is 3.95. The first-order valence-corrected chi connectivity index (χ1v) is 4.98. The lowest BCUT2D eigenvalue weighted by Crippen LogP contribution is -2.16. The summed E-state index contributed by atoms with van der Waals surface area (Å²) < 4.78 is 20.7. The van der Waals surface area contributed by atoms with Gasteiger partial charge in [-0.2, -0.15) is 0 Å². The van der Waals surface area contributed by atoms with Gasteiger partial charge in [-0.1, -0.05) is 6.42 Å². The molecule has 0 rings (SSSR count). The first kappa shape index (κ1) is 9.87. The molecule has 62 valence electrons. The summed E-state index contributed by atoms with van der Waals surface area (Å²) >= 11 is 0. The minimum Gasteiger partial charge on any atom is -0.330 e. The van der Waals surface area contributed by atoms with Gasteiger partial charge in [0, 0.05) is 0 Å². The Balaban J connectivity index is 3.21. The zero-order valence-corrected chi connectivity index (χ0v) is 6.73. The Labute approximate surface area is 61.6 Å². The van der Waals surface area contributed by atoms with Crippen molar-refractivity contribution in [1.29, 1.82) is 0 Å². The van der Waals surface area contributed by atoms with E-state index in [4.69, 9.17) is 10.9 Å². The molecule has 0 fully saturated rings. The lowest BCUT2D eigenvalue weighted by Gasteiger charge is -1.96. The third-order valence-corrected chi connectivity index (χ3v) is 1.99. The fourth-order valence-electron chi connectivity index (χ4n) is 0.624. The molecule has 0 spiro atoms. The molecule has 0 aliphatic carbocycles. The molecule has 0 aromatic heterocycles. The van der Waals surface area contributed by atoms with Crippen LogP contribution in [-0.2, 0) is 10.0 Å². The van der Waals surface area contributed by atoms with E-state index in [-0.39, 0.29) is 5.75 Å². The summed E-state index contributed by atoms with van der Waals surface area (Å²) in [6.07, 6.45) is 2.33. The third kappa shape index (κ3) is 7.87. The maximum Gasteiger partial charge on any atom is 0.209 e. The summed E-state index contributed by atoms with van der Waals surface area (Å²) in [5.74, 6) is 0.0764. The number of hydrogen-bond acceptors (Lipinski definition) is 3. The summed E-state index contributed by atoms with van der Waals surface area (Å²) in [4.78, 5) is 0. The number of hydrogen-bond donors (Lipinski definition) is 2. The topological polar surface area (TPSA) is 86.2 Å². The molecule has 0 saturated heterocycles. The Morgan fingerprint density at radius 3 is 2.10 bits per heavy atom. The Morgan fingerprint density at radius 2 is 1.70 bits per heavy atom. The van der Waals surface area contributed by atoms with Crippen molar-refractivity contribution in [3.8, 4) is 0 Å². The highest BCUT2D eigenvalue weighted by Gasteiger charge is 1.99. The SMILES string of the molecule is NCCCCCS(N)(=O)=O. The largest absolute Gasteiger partial charge is 0.330 e. The van der Waals surface area contributed by atoms with Crippen molar-refractivity contribution in [2.24, 2.45) is 10.9 Å². The number of rotatable bonds is 5. The fraction of sp³-hybridized carbons (Fsp3) is 1.00. The van der Waals surface area contributed by atoms with Gasteiger partial charge in [-0.05, 0) is 19.4 Å². The molecular weight excluding hydrogens is 152 g/mol. The number of nitrogens with two attached hydrogens (primary N) is 2. The fourth-order valence-corrected chi connectivity index (χ4v) is 1.23. The molecule has 10 heavy (non-hydrogen) atoms. The van der Waals surface area contributed by atoms with E-state index in [1.807, 2.05) is 0 Å². The number of primary sulfonamides is 1. The van der Waals surface area contributed by atoms with E-state index >= 15 is 0 Å². The highest BCUT2D eigenvalue weighted by Crippen LogP contribution is 1.94. The highest BCUT2D eigenvalue weighted by atomic mass is 32.2. The van der Waals surface area contributed by atoms with Gasteiger partial charge in [0.15, 0.2) is 0 Å². The van der Waals surface area contributed by atoms with Crippen LogP contribution in [0.15, 0.2) is 0 Å². The predicted molar refractivity (Wildman–Crippen MR) is 40.9 cm³/mol. The minimum atomic E-state index is -3.25. The van der Waals surface area contributed by atoms with Gasteiger partial charge in [-0.15, -0.1) is 0 Å². The van der Waals surface area contributed by atoms with Crippen molar-refractivity contribution in [1.82, 2.24) is 0 Å². The van der Waals surface area contributed by atoms with Crippen LogP contribution in [0.5, 0.6) is 0 Å². The Morgan fingerprint density at radius 1 is 1.10 bits per heavy atom. The van der Waals surface area contributed by atoms with Crippen LogP contribution in [0.25, 0.3) is 0 Å². The maximum atomic E-state index is 10.3. The molecule has 0 bridgehead atoms. The minimum absolute atomic E-state index is 0.0764. The molecule has 0 aliphatic rings. The van der Waals surface area contributed by atoms with Gasteiger partial charge in [-0.3, -0.25) is 0 Å². The van der Waals surface area contributed by atoms with E-state index < -0.39 is 10.0 Å². The monoisotopic (exact) mass is 166 g/mol. The van der Waals surface area contributed by atoms with Crippen LogP contribution in [0.3, 0.4) is 0 Å². The Bertz CT molecular complexity index is 164. The molecular formula is C5H14N2O2S. The lowest BCUT2D eigenvalue weighted by molar-refractivity contribution is 0.591. The van der Waals surface area contributed by atoms with Crippen LogP contribution in [0.2, 0.25) is 0 Å². The van der Waals surface area contributed by atoms with Gasteiger partial charge >= 0.3 is 0 Å². The molecule has 0 unspecified atom stereocenters. The molecule has 0 heterocycles. The molecule has 0 aliphatic heterocycles. The van der Waals surface area contributed by atoms with Crippen LogP contribution in [0.4, 0.5) is 0 Å². The molecule has 0 amide bonds. The van der Waals surface area contributed by atoms with E-state index in [0.717, 1.165) is 12.8 Å². The van der Waals surface area contributed by atoms with E-state index in [1.54, 1.807) is 0 Å². The smallest absolute Gasteiger partial charge is 0.209 e. The molecule has 0 aromatic carbocycles. The molecule has 5 heteroatoms. The maximum absolute atomic E-state index is 10.3. The Kier molecular flexibility index (Phi) is 4.59. The summed E-state index contributed by atoms with van der Waals surface area (Å²) in [5, 5.41) is 4.76. The van der Waals surface area contributed by atoms with E-state index in [1.165, 1.54) is 0 Å². The van der Waals surface area contributed by atoms with Gasteiger partial charge in [-0.25, -0.2) is 13.6 Å². The summed E-state index contributed by atoms with van der Waals surface area (Å²) in [6.45, 7) is 0.616. The van der Waals surface area contributed by atoms with Crippen LogP contribution in [0, 0.1) is 0 Å². The van der Waals surface area contributed by atoms with E-state index in [9.17, 15) is 8.42 Å².